The van der Waals surface area contributed by atoms with Crippen LogP contribution in [0, 0.1) is 17.1 Å². The van der Waals surface area contributed by atoms with Gasteiger partial charge in [0.05, 0.1) is 21.8 Å². The Morgan fingerprint density at radius 2 is 2.20 bits per heavy atom. The molecule has 102 valence electrons. The largest absolute Gasteiger partial charge is 0.268 e. The van der Waals surface area contributed by atoms with Crippen molar-refractivity contribution in [1.82, 2.24) is 9.78 Å². The zero-order chi connectivity index (χ0) is 14.5. The number of alkyl halides is 1. The topological polar surface area (TPSA) is 41.6 Å². The first-order valence-corrected chi connectivity index (χ1v) is 6.45. The molecule has 1 aliphatic carbocycles. The second kappa shape index (κ2) is 4.29. The molecule has 0 unspecified atom stereocenters. The molecule has 0 radical (unpaired) electrons. The minimum absolute atomic E-state index is 0.00417. The summed E-state index contributed by atoms with van der Waals surface area (Å²) in [5.74, 6) is -0.722. The lowest BCUT2D eigenvalue weighted by Crippen LogP contribution is -2.07. The molecule has 1 aliphatic rings. The van der Waals surface area contributed by atoms with Crippen molar-refractivity contribution in [2.24, 2.45) is 7.05 Å². The highest BCUT2D eigenvalue weighted by Crippen LogP contribution is 2.52. The molecule has 3 rings (SSSR count). The van der Waals surface area contributed by atoms with Gasteiger partial charge in [-0.2, -0.15) is 10.4 Å². The van der Waals surface area contributed by atoms with Crippen molar-refractivity contribution in [3.05, 3.63) is 40.3 Å². The Hall–Kier alpha value is -1.93. The van der Waals surface area contributed by atoms with Gasteiger partial charge in [0.25, 0.3) is 0 Å². The molecule has 1 aromatic heterocycles. The Labute approximate surface area is 119 Å². The summed E-state index contributed by atoms with van der Waals surface area (Å²) in [6.07, 6.45) is 2.14. The SMILES string of the molecule is Cn1nccc1-c1c(F)c(Cl)cc(C2(F)CC2)c1C#N. The molecule has 2 aromatic rings. The number of aryl methyl sites for hydroxylation is 1. The van der Waals surface area contributed by atoms with Gasteiger partial charge in [-0.25, -0.2) is 8.78 Å². The number of nitrogens with zero attached hydrogens (tertiary/aromatic N) is 3. The number of hydrogen-bond acceptors (Lipinski definition) is 2. The van der Waals surface area contributed by atoms with Crippen LogP contribution in [-0.4, -0.2) is 9.78 Å². The van der Waals surface area contributed by atoms with Crippen LogP contribution in [0.15, 0.2) is 18.3 Å². The highest BCUT2D eigenvalue weighted by molar-refractivity contribution is 6.31. The lowest BCUT2D eigenvalue weighted by atomic mass is 9.95. The summed E-state index contributed by atoms with van der Waals surface area (Å²) in [7, 11) is 1.62. The molecule has 1 heterocycles. The first-order valence-electron chi connectivity index (χ1n) is 6.08. The fourth-order valence-corrected chi connectivity index (χ4v) is 2.54. The first-order chi connectivity index (χ1) is 9.48. The minimum atomic E-state index is -1.56. The molecule has 1 fully saturated rings. The fraction of sp³-hybridized carbons (Fsp3) is 0.286. The molecule has 1 aromatic carbocycles. The van der Waals surface area contributed by atoms with Crippen molar-refractivity contribution < 1.29 is 8.78 Å². The van der Waals surface area contributed by atoms with Crippen LogP contribution in [-0.2, 0) is 12.7 Å². The molecule has 0 spiro atoms. The molecule has 0 aliphatic heterocycles. The van der Waals surface area contributed by atoms with Crippen molar-refractivity contribution in [3.63, 3.8) is 0 Å². The molecule has 0 bridgehead atoms. The second-order valence-corrected chi connectivity index (χ2v) is 5.29. The van der Waals surface area contributed by atoms with Crippen molar-refractivity contribution in [3.8, 4) is 17.3 Å². The van der Waals surface area contributed by atoms with E-state index in [0.717, 1.165) is 0 Å². The van der Waals surface area contributed by atoms with Gasteiger partial charge < -0.3 is 0 Å². The van der Waals surface area contributed by atoms with E-state index in [0.29, 0.717) is 18.5 Å². The molecule has 0 saturated heterocycles. The number of rotatable bonds is 2. The normalized spacial score (nSPS) is 15.9. The van der Waals surface area contributed by atoms with Crippen molar-refractivity contribution >= 4 is 11.6 Å². The van der Waals surface area contributed by atoms with E-state index in [9.17, 15) is 14.0 Å². The smallest absolute Gasteiger partial charge is 0.152 e. The molecule has 3 nitrogen and oxygen atoms in total. The van der Waals surface area contributed by atoms with E-state index in [1.54, 1.807) is 13.1 Å². The molecule has 0 amide bonds. The van der Waals surface area contributed by atoms with Crippen LogP contribution in [0.2, 0.25) is 5.02 Å². The van der Waals surface area contributed by atoms with Gasteiger partial charge in [-0.1, -0.05) is 11.6 Å². The summed E-state index contributed by atoms with van der Waals surface area (Å²) >= 11 is 5.87. The van der Waals surface area contributed by atoms with Crippen LogP contribution in [0.5, 0.6) is 0 Å². The maximum Gasteiger partial charge on any atom is 0.152 e. The van der Waals surface area contributed by atoms with Crippen LogP contribution in [0.4, 0.5) is 8.78 Å². The third-order valence-electron chi connectivity index (χ3n) is 3.58. The van der Waals surface area contributed by atoms with E-state index in [1.807, 2.05) is 6.07 Å². The Morgan fingerprint density at radius 1 is 1.50 bits per heavy atom. The highest BCUT2D eigenvalue weighted by atomic mass is 35.5. The van der Waals surface area contributed by atoms with Gasteiger partial charge in [0.15, 0.2) is 5.82 Å². The summed E-state index contributed by atoms with van der Waals surface area (Å²) in [6, 6.07) is 4.71. The average molecular weight is 294 g/mol. The van der Waals surface area contributed by atoms with Crippen LogP contribution >= 0.6 is 11.6 Å². The molecule has 1 saturated carbocycles. The van der Waals surface area contributed by atoms with Gasteiger partial charge >= 0.3 is 0 Å². The first kappa shape index (κ1) is 13.1. The predicted molar refractivity (Wildman–Crippen MR) is 70.3 cm³/mol. The van der Waals surface area contributed by atoms with Gasteiger partial charge in [0.2, 0.25) is 0 Å². The number of aromatic nitrogens is 2. The molecule has 0 atom stereocenters. The van der Waals surface area contributed by atoms with E-state index in [1.165, 1.54) is 16.9 Å². The number of hydrogen-bond donors (Lipinski definition) is 0. The second-order valence-electron chi connectivity index (χ2n) is 4.89. The summed E-state index contributed by atoms with van der Waals surface area (Å²) in [6.45, 7) is 0. The lowest BCUT2D eigenvalue weighted by Gasteiger charge is -2.14. The lowest BCUT2D eigenvalue weighted by molar-refractivity contribution is 0.317. The molecule has 20 heavy (non-hydrogen) atoms. The van der Waals surface area contributed by atoms with Gasteiger partial charge in [0.1, 0.15) is 11.7 Å². The zero-order valence-electron chi connectivity index (χ0n) is 10.6. The van der Waals surface area contributed by atoms with E-state index < -0.39 is 11.5 Å². The standard InChI is InChI=1S/C14H10ClF2N3/c1-20-11(2-5-19-20)12-8(7-18)9(14(17)3-4-14)6-10(15)13(12)16/h2,5-6H,3-4H2,1H3. The quantitative estimate of drug-likeness (QED) is 0.847. The summed E-state index contributed by atoms with van der Waals surface area (Å²) in [5, 5.41) is 13.1. The predicted octanol–water partition coefficient (Wildman–Crippen LogP) is 3.71. The third kappa shape index (κ3) is 1.80. The molecule has 6 heteroatoms. The highest BCUT2D eigenvalue weighted by Gasteiger charge is 2.47. The maximum absolute atomic E-state index is 14.4. The summed E-state index contributed by atoms with van der Waals surface area (Å²) < 4.78 is 30.1. The van der Waals surface area contributed by atoms with E-state index in [-0.39, 0.29) is 21.7 Å². The van der Waals surface area contributed by atoms with E-state index >= 15 is 0 Å². The third-order valence-corrected chi connectivity index (χ3v) is 3.86. The fourth-order valence-electron chi connectivity index (χ4n) is 2.33. The average Bonchev–Trinajstić information content (AvgIpc) is 3.03. The van der Waals surface area contributed by atoms with Crippen LogP contribution in [0.1, 0.15) is 24.0 Å². The zero-order valence-corrected chi connectivity index (χ0v) is 11.4. The van der Waals surface area contributed by atoms with E-state index in [4.69, 9.17) is 11.6 Å². The van der Waals surface area contributed by atoms with Gasteiger partial charge in [-0.15, -0.1) is 0 Å². The van der Waals surface area contributed by atoms with Crippen LogP contribution < -0.4 is 0 Å². The number of halogens is 3. The monoisotopic (exact) mass is 293 g/mol. The molecular weight excluding hydrogens is 284 g/mol. The Kier molecular flexibility index (Phi) is 2.80. The Bertz CT molecular complexity index is 742. The van der Waals surface area contributed by atoms with Gasteiger partial charge in [-0.05, 0) is 25.0 Å². The van der Waals surface area contributed by atoms with Gasteiger partial charge in [0, 0.05) is 18.8 Å². The minimum Gasteiger partial charge on any atom is -0.268 e. The van der Waals surface area contributed by atoms with E-state index in [2.05, 4.69) is 5.10 Å². The maximum atomic E-state index is 14.4. The van der Waals surface area contributed by atoms with Crippen molar-refractivity contribution in [1.29, 1.82) is 5.26 Å². The summed E-state index contributed by atoms with van der Waals surface area (Å²) in [4.78, 5) is 0. The Balaban J connectivity index is 2.36. The van der Waals surface area contributed by atoms with Crippen LogP contribution in [0.3, 0.4) is 0 Å². The Morgan fingerprint density at radius 3 is 2.70 bits per heavy atom. The van der Waals surface area contributed by atoms with Crippen molar-refractivity contribution in [2.75, 3.05) is 0 Å². The number of benzene rings is 1. The van der Waals surface area contributed by atoms with Gasteiger partial charge in [-0.3, -0.25) is 4.68 Å². The summed E-state index contributed by atoms with van der Waals surface area (Å²) in [5.41, 5.74) is -0.987. The molecular formula is C14H10ClF2N3. The van der Waals surface area contributed by atoms with Crippen molar-refractivity contribution in [2.45, 2.75) is 18.5 Å². The van der Waals surface area contributed by atoms with Crippen LogP contribution in [0.25, 0.3) is 11.3 Å². The molecule has 0 N–H and O–H groups in total. The number of nitriles is 1.